The van der Waals surface area contributed by atoms with Crippen molar-refractivity contribution in [3.8, 4) is 0 Å². The molecule has 0 heterocycles. The maximum atomic E-state index is 11.0. The van der Waals surface area contributed by atoms with Crippen LogP contribution in [0.3, 0.4) is 0 Å². The SMILES string of the molecule is CC(C)OC(=O)COC[C@@H](C)ON(O)O. The van der Waals surface area contributed by atoms with Gasteiger partial charge in [-0.15, -0.1) is 0 Å². The molecule has 0 radical (unpaired) electrons. The van der Waals surface area contributed by atoms with Crippen LogP contribution in [0.25, 0.3) is 0 Å². The molecule has 0 amide bonds. The maximum Gasteiger partial charge on any atom is 0.332 e. The second-order valence-electron chi connectivity index (χ2n) is 3.22. The van der Waals surface area contributed by atoms with E-state index >= 15 is 0 Å². The molecule has 0 aliphatic heterocycles. The van der Waals surface area contributed by atoms with Crippen LogP contribution in [0.15, 0.2) is 0 Å². The van der Waals surface area contributed by atoms with Crippen LogP contribution in [0.5, 0.6) is 0 Å². The van der Waals surface area contributed by atoms with Gasteiger partial charge in [0, 0.05) is 0 Å². The molecule has 0 aromatic rings. The Kier molecular flexibility index (Phi) is 7.18. The smallest absolute Gasteiger partial charge is 0.332 e. The van der Waals surface area contributed by atoms with Gasteiger partial charge in [0.15, 0.2) is 0 Å². The van der Waals surface area contributed by atoms with Crippen LogP contribution < -0.4 is 0 Å². The monoisotopic (exact) mass is 223 g/mol. The summed E-state index contributed by atoms with van der Waals surface area (Å²) in [6.45, 7) is 4.87. The molecule has 0 aromatic carbocycles. The molecule has 2 N–H and O–H groups in total. The van der Waals surface area contributed by atoms with Gasteiger partial charge >= 0.3 is 5.97 Å². The van der Waals surface area contributed by atoms with E-state index in [0.717, 1.165) is 0 Å². The Bertz CT molecular complexity index is 184. The van der Waals surface area contributed by atoms with Crippen molar-refractivity contribution in [1.29, 1.82) is 0 Å². The Hall–Kier alpha value is -0.730. The zero-order valence-electron chi connectivity index (χ0n) is 9.04. The van der Waals surface area contributed by atoms with Gasteiger partial charge in [-0.1, -0.05) is 0 Å². The summed E-state index contributed by atoms with van der Waals surface area (Å²) >= 11 is 0. The molecular weight excluding hydrogens is 206 g/mol. The first-order valence-electron chi connectivity index (χ1n) is 4.53. The third-order valence-corrected chi connectivity index (χ3v) is 1.21. The van der Waals surface area contributed by atoms with Crippen LogP contribution in [0.2, 0.25) is 0 Å². The van der Waals surface area contributed by atoms with Gasteiger partial charge < -0.3 is 9.47 Å². The average molecular weight is 223 g/mol. The van der Waals surface area contributed by atoms with E-state index in [0.29, 0.717) is 0 Å². The molecular formula is C8H17NO6. The van der Waals surface area contributed by atoms with Gasteiger partial charge in [0.05, 0.1) is 18.1 Å². The Balaban J connectivity index is 3.48. The standard InChI is InChI=1S/C8H17NO6/c1-6(2)14-8(10)5-13-4-7(3)15-9(11)12/h6-7,11-12H,4-5H2,1-3H3/t7-/m1/s1. The summed E-state index contributed by atoms with van der Waals surface area (Å²) in [5.74, 6) is -0.470. The lowest BCUT2D eigenvalue weighted by Gasteiger charge is -2.14. The van der Waals surface area contributed by atoms with Crippen LogP contribution in [0.4, 0.5) is 0 Å². The molecule has 0 fully saturated rings. The van der Waals surface area contributed by atoms with Gasteiger partial charge in [0.2, 0.25) is 0 Å². The third-order valence-electron chi connectivity index (χ3n) is 1.21. The van der Waals surface area contributed by atoms with Crippen molar-refractivity contribution < 1.29 is 29.5 Å². The molecule has 90 valence electrons. The molecule has 1 atom stereocenters. The minimum Gasteiger partial charge on any atom is -0.461 e. The number of hydrogen-bond donors (Lipinski definition) is 2. The first-order chi connectivity index (χ1) is 6.91. The van der Waals surface area contributed by atoms with E-state index < -0.39 is 17.5 Å². The lowest BCUT2D eigenvalue weighted by molar-refractivity contribution is -0.504. The molecule has 0 aromatic heterocycles. The quantitative estimate of drug-likeness (QED) is 0.475. The van der Waals surface area contributed by atoms with Crippen molar-refractivity contribution in [3.63, 3.8) is 0 Å². The molecule has 7 heteroatoms. The summed E-state index contributed by atoms with van der Waals surface area (Å²) in [5.41, 5.74) is 0. The van der Waals surface area contributed by atoms with Crippen molar-refractivity contribution in [2.75, 3.05) is 13.2 Å². The third kappa shape index (κ3) is 9.57. The van der Waals surface area contributed by atoms with Crippen LogP contribution in [-0.2, 0) is 19.1 Å². The second-order valence-corrected chi connectivity index (χ2v) is 3.22. The average Bonchev–Trinajstić information content (AvgIpc) is 2.00. The largest absolute Gasteiger partial charge is 0.461 e. The number of esters is 1. The lowest BCUT2D eigenvalue weighted by atomic mass is 10.4. The summed E-state index contributed by atoms with van der Waals surface area (Å²) in [6.07, 6.45) is -0.757. The number of carbonyl (C=O) groups excluding carboxylic acids is 1. The Morgan fingerprint density at radius 2 is 1.93 bits per heavy atom. The molecule has 0 rings (SSSR count). The van der Waals surface area contributed by atoms with Gasteiger partial charge in [-0.05, 0) is 20.8 Å². The van der Waals surface area contributed by atoms with E-state index in [1.54, 1.807) is 20.8 Å². The van der Waals surface area contributed by atoms with E-state index in [-0.39, 0.29) is 19.3 Å². The number of hydrogen-bond acceptors (Lipinski definition) is 7. The normalized spacial score (nSPS) is 13.3. The zero-order chi connectivity index (χ0) is 11.8. The highest BCUT2D eigenvalue weighted by molar-refractivity contribution is 5.70. The molecule has 0 unspecified atom stereocenters. The van der Waals surface area contributed by atoms with E-state index in [2.05, 4.69) is 4.84 Å². The molecule has 0 saturated carbocycles. The second kappa shape index (κ2) is 7.55. The number of nitrogens with zero attached hydrogens (tertiary/aromatic N) is 1. The topological polar surface area (TPSA) is 88.5 Å². The Labute approximate surface area is 88.0 Å². The molecule has 0 saturated heterocycles. The van der Waals surface area contributed by atoms with Gasteiger partial charge in [0.25, 0.3) is 0 Å². The molecule has 0 aliphatic rings. The van der Waals surface area contributed by atoms with Crippen LogP contribution in [-0.4, -0.2) is 47.2 Å². The van der Waals surface area contributed by atoms with Gasteiger partial charge in [-0.2, -0.15) is 0 Å². The minimum atomic E-state index is -0.577. The van der Waals surface area contributed by atoms with Crippen molar-refractivity contribution in [1.82, 2.24) is 5.39 Å². The highest BCUT2D eigenvalue weighted by atomic mass is 17.1. The van der Waals surface area contributed by atoms with Crippen molar-refractivity contribution >= 4 is 5.97 Å². The summed E-state index contributed by atoms with van der Waals surface area (Å²) in [7, 11) is 0. The zero-order valence-corrected chi connectivity index (χ0v) is 9.04. The summed E-state index contributed by atoms with van der Waals surface area (Å²) in [5, 5.41) is 16.1. The fourth-order valence-corrected chi connectivity index (χ4v) is 0.797. The van der Waals surface area contributed by atoms with E-state index in [9.17, 15) is 4.79 Å². The minimum absolute atomic E-state index is 0.0464. The first-order valence-corrected chi connectivity index (χ1v) is 4.53. The Morgan fingerprint density at radius 1 is 1.33 bits per heavy atom. The van der Waals surface area contributed by atoms with Gasteiger partial charge in [0.1, 0.15) is 12.7 Å². The van der Waals surface area contributed by atoms with Crippen LogP contribution >= 0.6 is 0 Å². The molecule has 15 heavy (non-hydrogen) atoms. The predicted octanol–water partition coefficient (Wildman–Crippen LogP) is 0.355. The molecule has 7 nitrogen and oxygen atoms in total. The van der Waals surface area contributed by atoms with E-state index in [1.807, 2.05) is 0 Å². The van der Waals surface area contributed by atoms with E-state index in [1.165, 1.54) is 0 Å². The van der Waals surface area contributed by atoms with Gasteiger partial charge in [-0.3, -0.25) is 10.4 Å². The van der Waals surface area contributed by atoms with E-state index in [4.69, 9.17) is 19.9 Å². The number of ether oxygens (including phenoxy) is 2. The fraction of sp³-hybridized carbons (Fsp3) is 0.875. The molecule has 0 bridgehead atoms. The highest BCUT2D eigenvalue weighted by Gasteiger charge is 2.09. The van der Waals surface area contributed by atoms with Crippen molar-refractivity contribution in [2.24, 2.45) is 0 Å². The van der Waals surface area contributed by atoms with Gasteiger partial charge in [-0.25, -0.2) is 9.63 Å². The maximum absolute atomic E-state index is 11.0. The summed E-state index contributed by atoms with van der Waals surface area (Å²) < 4.78 is 9.71. The fourth-order valence-electron chi connectivity index (χ4n) is 0.797. The molecule has 0 aliphatic carbocycles. The van der Waals surface area contributed by atoms with Crippen LogP contribution in [0.1, 0.15) is 20.8 Å². The Morgan fingerprint density at radius 3 is 2.40 bits per heavy atom. The lowest BCUT2D eigenvalue weighted by Crippen LogP contribution is -2.27. The highest BCUT2D eigenvalue weighted by Crippen LogP contribution is 1.95. The van der Waals surface area contributed by atoms with Crippen molar-refractivity contribution in [2.45, 2.75) is 33.0 Å². The predicted molar refractivity (Wildman–Crippen MR) is 48.0 cm³/mol. The first kappa shape index (κ1) is 14.3. The number of rotatable bonds is 7. The molecule has 0 spiro atoms. The summed E-state index contributed by atoms with van der Waals surface area (Å²) in [6, 6.07) is 0. The van der Waals surface area contributed by atoms with Crippen LogP contribution in [0, 0.1) is 0 Å². The van der Waals surface area contributed by atoms with Crippen molar-refractivity contribution in [3.05, 3.63) is 0 Å². The number of carbonyl (C=O) groups is 1. The summed E-state index contributed by atoms with van der Waals surface area (Å²) in [4.78, 5) is 15.3.